The minimum atomic E-state index is -0.0490. The second kappa shape index (κ2) is 5.38. The first-order chi connectivity index (χ1) is 11.1. The lowest BCUT2D eigenvalue weighted by Gasteiger charge is -2.38. The van der Waals surface area contributed by atoms with Crippen LogP contribution in [-0.2, 0) is 20.8 Å². The molecule has 0 N–H and O–H groups in total. The molecule has 122 valence electrons. The molecule has 2 aromatic rings. The van der Waals surface area contributed by atoms with Crippen molar-refractivity contribution in [1.29, 1.82) is 0 Å². The highest BCUT2D eigenvalue weighted by Gasteiger charge is 2.45. The molecule has 2 atom stereocenters. The van der Waals surface area contributed by atoms with Gasteiger partial charge in [-0.1, -0.05) is 19.1 Å². The van der Waals surface area contributed by atoms with Crippen LogP contribution in [0.3, 0.4) is 0 Å². The van der Waals surface area contributed by atoms with E-state index >= 15 is 0 Å². The average molecular weight is 313 g/mol. The fourth-order valence-corrected chi connectivity index (χ4v) is 3.60. The molecule has 2 aliphatic rings. The van der Waals surface area contributed by atoms with E-state index in [1.54, 1.807) is 0 Å². The first kappa shape index (κ1) is 14.8. The summed E-state index contributed by atoms with van der Waals surface area (Å²) in [5.41, 5.74) is 2.75. The van der Waals surface area contributed by atoms with Crippen LogP contribution in [0.25, 0.3) is 10.9 Å². The standard InChI is InChI=1S/C19H23NO3/c1-3-23-18(21)16-9-15(16)14-5-4-13-6-7-20(17(13)8-14)10-19(2)11-22-12-19/h4-8,15-16H,3,9-12H2,1-2H3. The van der Waals surface area contributed by atoms with Crippen molar-refractivity contribution in [3.63, 3.8) is 0 Å². The molecule has 4 heteroatoms. The summed E-state index contributed by atoms with van der Waals surface area (Å²) in [5, 5.41) is 1.26. The molecule has 0 radical (unpaired) electrons. The van der Waals surface area contributed by atoms with Crippen LogP contribution in [0.4, 0.5) is 0 Å². The summed E-state index contributed by atoms with van der Waals surface area (Å²) in [7, 11) is 0. The highest BCUT2D eigenvalue weighted by Crippen LogP contribution is 2.48. The van der Waals surface area contributed by atoms with Crippen molar-refractivity contribution < 1.29 is 14.3 Å². The normalized spacial score (nSPS) is 25.1. The van der Waals surface area contributed by atoms with Crippen molar-refractivity contribution in [2.75, 3.05) is 19.8 Å². The molecule has 2 heterocycles. The van der Waals surface area contributed by atoms with Crippen molar-refractivity contribution in [1.82, 2.24) is 4.57 Å². The Kier molecular flexibility index (Phi) is 3.45. The van der Waals surface area contributed by atoms with Gasteiger partial charge in [-0.3, -0.25) is 4.79 Å². The Hall–Kier alpha value is -1.81. The van der Waals surface area contributed by atoms with Gasteiger partial charge in [-0.05, 0) is 42.3 Å². The molecule has 2 fully saturated rings. The maximum Gasteiger partial charge on any atom is 0.309 e. The van der Waals surface area contributed by atoms with Gasteiger partial charge in [0.2, 0.25) is 0 Å². The summed E-state index contributed by atoms with van der Waals surface area (Å²) in [5.74, 6) is 0.324. The fourth-order valence-electron chi connectivity index (χ4n) is 3.60. The fraction of sp³-hybridized carbons (Fsp3) is 0.526. The Morgan fingerprint density at radius 1 is 1.39 bits per heavy atom. The van der Waals surface area contributed by atoms with E-state index in [-0.39, 0.29) is 17.3 Å². The maximum absolute atomic E-state index is 11.9. The number of esters is 1. The third-order valence-corrected chi connectivity index (χ3v) is 5.06. The van der Waals surface area contributed by atoms with Crippen LogP contribution in [0.15, 0.2) is 30.5 Å². The second-order valence-electron chi connectivity index (χ2n) is 7.27. The molecule has 4 nitrogen and oxygen atoms in total. The maximum atomic E-state index is 11.9. The quantitative estimate of drug-likeness (QED) is 0.795. The van der Waals surface area contributed by atoms with Gasteiger partial charge in [0.15, 0.2) is 0 Å². The highest BCUT2D eigenvalue weighted by molar-refractivity contribution is 5.82. The van der Waals surface area contributed by atoms with Crippen LogP contribution in [0.5, 0.6) is 0 Å². The van der Waals surface area contributed by atoms with Gasteiger partial charge in [-0.25, -0.2) is 0 Å². The number of carbonyl (C=O) groups excluding carboxylic acids is 1. The molecular formula is C19H23NO3. The number of hydrogen-bond acceptors (Lipinski definition) is 3. The minimum absolute atomic E-state index is 0.0490. The van der Waals surface area contributed by atoms with E-state index in [1.165, 1.54) is 16.5 Å². The Morgan fingerprint density at radius 3 is 2.91 bits per heavy atom. The summed E-state index contributed by atoms with van der Waals surface area (Å²) in [4.78, 5) is 11.9. The zero-order valence-electron chi connectivity index (χ0n) is 13.7. The van der Waals surface area contributed by atoms with Crippen molar-refractivity contribution >= 4 is 16.9 Å². The third kappa shape index (κ3) is 2.65. The smallest absolute Gasteiger partial charge is 0.309 e. The first-order valence-corrected chi connectivity index (χ1v) is 8.43. The predicted octanol–water partition coefficient (Wildman–Crippen LogP) is 3.34. The zero-order valence-corrected chi connectivity index (χ0v) is 13.7. The lowest BCUT2D eigenvalue weighted by atomic mass is 9.88. The number of aromatic nitrogens is 1. The number of ether oxygens (including phenoxy) is 2. The molecule has 23 heavy (non-hydrogen) atoms. The zero-order chi connectivity index (χ0) is 16.0. The monoisotopic (exact) mass is 313 g/mol. The van der Waals surface area contributed by atoms with Gasteiger partial charge in [0, 0.05) is 23.7 Å². The van der Waals surface area contributed by atoms with Crippen molar-refractivity contribution in [3.8, 4) is 0 Å². The number of hydrogen-bond donors (Lipinski definition) is 0. The SMILES string of the molecule is CCOC(=O)C1CC1c1ccc2ccn(CC3(C)COC3)c2c1. The van der Waals surface area contributed by atoms with Gasteiger partial charge >= 0.3 is 5.97 Å². The molecule has 1 aromatic heterocycles. The number of nitrogens with zero attached hydrogens (tertiary/aromatic N) is 1. The highest BCUT2D eigenvalue weighted by atomic mass is 16.5. The van der Waals surface area contributed by atoms with E-state index in [4.69, 9.17) is 9.47 Å². The minimum Gasteiger partial charge on any atom is -0.466 e. The molecule has 1 aliphatic heterocycles. The van der Waals surface area contributed by atoms with Crippen molar-refractivity contribution in [3.05, 3.63) is 36.0 Å². The predicted molar refractivity (Wildman–Crippen MR) is 88.3 cm³/mol. The van der Waals surface area contributed by atoms with Crippen LogP contribution in [0.1, 0.15) is 31.7 Å². The molecule has 0 amide bonds. The number of rotatable bonds is 5. The van der Waals surface area contributed by atoms with E-state index in [0.29, 0.717) is 12.5 Å². The van der Waals surface area contributed by atoms with E-state index in [2.05, 4.69) is 42.0 Å². The number of carbonyl (C=O) groups is 1. The van der Waals surface area contributed by atoms with Crippen LogP contribution < -0.4 is 0 Å². The Labute approximate surface area is 136 Å². The molecule has 2 unspecified atom stereocenters. The summed E-state index contributed by atoms with van der Waals surface area (Å²) < 4.78 is 12.8. The van der Waals surface area contributed by atoms with Crippen LogP contribution >= 0.6 is 0 Å². The van der Waals surface area contributed by atoms with Gasteiger partial charge in [0.25, 0.3) is 0 Å². The molecule has 0 bridgehead atoms. The largest absolute Gasteiger partial charge is 0.466 e. The topological polar surface area (TPSA) is 40.5 Å². The number of fused-ring (bicyclic) bond motifs is 1. The summed E-state index contributed by atoms with van der Waals surface area (Å²) in [6.45, 7) is 7.24. The van der Waals surface area contributed by atoms with Gasteiger partial charge in [-0.2, -0.15) is 0 Å². The van der Waals surface area contributed by atoms with E-state index < -0.39 is 0 Å². The van der Waals surface area contributed by atoms with E-state index in [0.717, 1.165) is 26.2 Å². The summed E-state index contributed by atoms with van der Waals surface area (Å²) in [6.07, 6.45) is 3.07. The van der Waals surface area contributed by atoms with Crippen LogP contribution in [0, 0.1) is 11.3 Å². The molecular weight excluding hydrogens is 290 g/mol. The average Bonchev–Trinajstić information content (AvgIpc) is 3.22. The van der Waals surface area contributed by atoms with Crippen LogP contribution in [-0.4, -0.2) is 30.4 Å². The molecule has 1 saturated heterocycles. The molecule has 1 aromatic carbocycles. The van der Waals surface area contributed by atoms with Crippen molar-refractivity contribution in [2.24, 2.45) is 11.3 Å². The van der Waals surface area contributed by atoms with E-state index in [1.807, 2.05) is 6.92 Å². The van der Waals surface area contributed by atoms with E-state index in [9.17, 15) is 4.79 Å². The first-order valence-electron chi connectivity index (χ1n) is 8.43. The number of benzene rings is 1. The van der Waals surface area contributed by atoms with Crippen molar-refractivity contribution in [2.45, 2.75) is 32.7 Å². The van der Waals surface area contributed by atoms with Crippen LogP contribution in [0.2, 0.25) is 0 Å². The van der Waals surface area contributed by atoms with Gasteiger partial charge in [0.05, 0.1) is 25.7 Å². The van der Waals surface area contributed by atoms with Gasteiger partial charge in [0.1, 0.15) is 0 Å². The van der Waals surface area contributed by atoms with Gasteiger partial charge in [-0.15, -0.1) is 0 Å². The summed E-state index contributed by atoms with van der Waals surface area (Å²) >= 11 is 0. The van der Waals surface area contributed by atoms with Gasteiger partial charge < -0.3 is 14.0 Å². The Balaban J connectivity index is 1.57. The molecule has 1 aliphatic carbocycles. The summed E-state index contributed by atoms with van der Waals surface area (Å²) in [6, 6.07) is 8.74. The molecule has 0 spiro atoms. The third-order valence-electron chi connectivity index (χ3n) is 5.06. The Morgan fingerprint density at radius 2 is 2.22 bits per heavy atom. The Bertz CT molecular complexity index is 744. The molecule has 4 rings (SSSR count). The lowest BCUT2D eigenvalue weighted by molar-refractivity contribution is -0.144. The molecule has 1 saturated carbocycles. The second-order valence-corrected chi connectivity index (χ2v) is 7.27. The lowest BCUT2D eigenvalue weighted by Crippen LogP contribution is -2.42.